The summed E-state index contributed by atoms with van der Waals surface area (Å²) in [5, 5.41) is 15.8. The number of amides is 2. The summed E-state index contributed by atoms with van der Waals surface area (Å²) in [4.78, 5) is 49.6. The van der Waals surface area contributed by atoms with E-state index in [9.17, 15) is 14.4 Å². The number of esters is 1. The van der Waals surface area contributed by atoms with Crippen LogP contribution in [-0.2, 0) is 20.7 Å². The quantitative estimate of drug-likeness (QED) is 0.429. The number of aromatic nitrogens is 3. The summed E-state index contributed by atoms with van der Waals surface area (Å²) in [6.07, 6.45) is 0.780. The van der Waals surface area contributed by atoms with Gasteiger partial charge in [-0.15, -0.1) is 22.7 Å². The van der Waals surface area contributed by atoms with Crippen molar-refractivity contribution in [1.82, 2.24) is 20.3 Å². The van der Waals surface area contributed by atoms with E-state index in [2.05, 4.69) is 20.3 Å². The molecular weight excluding hydrogens is 492 g/mol. The molecule has 0 unspecified atom stereocenters. The molecule has 3 aromatic heterocycles. The third-order valence-electron chi connectivity index (χ3n) is 4.22. The maximum absolute atomic E-state index is 12.4. The molecule has 2 amide bonds. The minimum absolute atomic E-state index is 0.0263. The van der Waals surface area contributed by atoms with Crippen LogP contribution in [0.3, 0.4) is 0 Å². The Morgan fingerprint density at radius 1 is 1.20 bits per heavy atom. The van der Waals surface area contributed by atoms with Gasteiger partial charge in [-0.1, -0.05) is 0 Å². The van der Waals surface area contributed by atoms with E-state index in [4.69, 9.17) is 20.5 Å². The van der Waals surface area contributed by atoms with Crippen LogP contribution in [0.1, 0.15) is 36.1 Å². The van der Waals surface area contributed by atoms with Gasteiger partial charge >= 0.3 is 12.1 Å². The van der Waals surface area contributed by atoms with Crippen LogP contribution in [0.5, 0.6) is 0 Å². The summed E-state index contributed by atoms with van der Waals surface area (Å²) < 4.78 is 10.1. The molecule has 182 valence electrons. The summed E-state index contributed by atoms with van der Waals surface area (Å²) in [5.74, 6) is -1.38. The number of carbonyl (C=O) groups is 3. The maximum Gasteiger partial charge on any atom is 0.408 e. The second-order valence-electron chi connectivity index (χ2n) is 8.10. The highest BCUT2D eigenvalue weighted by atomic mass is 32.1. The van der Waals surface area contributed by atoms with Crippen LogP contribution < -0.4 is 11.1 Å². The molecule has 1 atom stereocenters. The van der Waals surface area contributed by atoms with Crippen molar-refractivity contribution in [2.24, 2.45) is 5.73 Å². The van der Waals surface area contributed by atoms with Gasteiger partial charge in [0.15, 0.2) is 6.61 Å². The Bertz CT molecular complexity index is 1270. The van der Waals surface area contributed by atoms with Gasteiger partial charge in [0.05, 0.1) is 10.6 Å². The Hall–Kier alpha value is -3.89. The second-order valence-corrected chi connectivity index (χ2v) is 9.90. The van der Waals surface area contributed by atoms with E-state index >= 15 is 0 Å². The molecule has 0 saturated heterocycles. The SMILES string of the molecule is CC(C)(C)OC(=O)N[C@@H](Cc1nc(-c2nc(-c3ncccc3C(N)=O)cs2)cs1)C(=O)OCC#N. The lowest BCUT2D eigenvalue weighted by molar-refractivity contribution is -0.144. The van der Waals surface area contributed by atoms with Crippen LogP contribution in [0.25, 0.3) is 22.1 Å². The standard InChI is InChI=1S/C22H22N6O5S2/c1-22(2,3)33-21(31)28-13(20(30)32-8-6-23)9-16-26-15(11-34-16)19-27-14(10-35-19)17-12(18(24)29)5-4-7-25-17/h4-5,7,10-11,13H,8-9H2,1-3H3,(H2,24,29)(H,28,31)/t13-/m0/s1. The van der Waals surface area contributed by atoms with Crippen LogP contribution in [0.15, 0.2) is 29.1 Å². The van der Waals surface area contributed by atoms with Gasteiger partial charge in [-0.3, -0.25) is 9.78 Å². The lowest BCUT2D eigenvalue weighted by Gasteiger charge is -2.22. The van der Waals surface area contributed by atoms with Crippen molar-refractivity contribution in [2.75, 3.05) is 6.61 Å². The first-order valence-corrected chi connectivity index (χ1v) is 12.0. The van der Waals surface area contributed by atoms with Gasteiger partial charge in [0, 0.05) is 23.4 Å². The lowest BCUT2D eigenvalue weighted by atomic mass is 10.1. The predicted molar refractivity (Wildman–Crippen MR) is 128 cm³/mol. The molecule has 0 radical (unpaired) electrons. The number of rotatable bonds is 8. The number of nitrogens with zero attached hydrogens (tertiary/aromatic N) is 4. The minimum Gasteiger partial charge on any atom is -0.449 e. The number of nitrogens with one attached hydrogen (secondary N) is 1. The molecule has 3 rings (SSSR count). The normalized spacial score (nSPS) is 11.8. The Kier molecular flexibility index (Phi) is 8.10. The molecule has 0 aliphatic rings. The highest BCUT2D eigenvalue weighted by Gasteiger charge is 2.27. The summed E-state index contributed by atoms with van der Waals surface area (Å²) in [6.45, 7) is 4.64. The van der Waals surface area contributed by atoms with Crippen LogP contribution in [-0.4, -0.2) is 51.2 Å². The van der Waals surface area contributed by atoms with Gasteiger partial charge in [-0.2, -0.15) is 5.26 Å². The number of hydrogen-bond donors (Lipinski definition) is 2. The van der Waals surface area contributed by atoms with E-state index in [1.807, 2.05) is 0 Å². The first kappa shape index (κ1) is 25.7. The van der Waals surface area contributed by atoms with E-state index in [-0.39, 0.29) is 12.0 Å². The van der Waals surface area contributed by atoms with Crippen molar-refractivity contribution in [1.29, 1.82) is 5.26 Å². The number of primary amides is 1. The molecule has 13 heteroatoms. The Morgan fingerprint density at radius 2 is 1.94 bits per heavy atom. The van der Waals surface area contributed by atoms with Crippen molar-refractivity contribution in [2.45, 2.75) is 38.8 Å². The van der Waals surface area contributed by atoms with Crippen LogP contribution in [0.4, 0.5) is 4.79 Å². The van der Waals surface area contributed by atoms with Gasteiger partial charge in [0.25, 0.3) is 5.91 Å². The van der Waals surface area contributed by atoms with E-state index in [1.54, 1.807) is 55.9 Å². The van der Waals surface area contributed by atoms with Gasteiger partial charge in [-0.25, -0.2) is 19.6 Å². The van der Waals surface area contributed by atoms with Crippen molar-refractivity contribution in [3.8, 4) is 28.2 Å². The average molecular weight is 515 g/mol. The number of carbonyl (C=O) groups excluding carboxylic acids is 3. The van der Waals surface area contributed by atoms with Gasteiger partial charge < -0.3 is 20.5 Å². The number of thiazole rings is 2. The third kappa shape index (κ3) is 7.05. The van der Waals surface area contributed by atoms with Crippen LogP contribution in [0, 0.1) is 11.3 Å². The second kappa shape index (κ2) is 11.0. The molecule has 35 heavy (non-hydrogen) atoms. The zero-order valence-electron chi connectivity index (χ0n) is 19.1. The number of alkyl carbamates (subject to hydrolysis) is 1. The molecule has 0 aromatic carbocycles. The zero-order chi connectivity index (χ0) is 25.6. The van der Waals surface area contributed by atoms with E-state index < -0.39 is 36.2 Å². The molecule has 0 aliphatic carbocycles. The monoisotopic (exact) mass is 514 g/mol. The number of hydrogen-bond acceptors (Lipinski definition) is 11. The van der Waals surface area contributed by atoms with Gasteiger partial charge in [0.2, 0.25) is 0 Å². The number of nitriles is 1. The number of ether oxygens (including phenoxy) is 2. The molecule has 0 bridgehead atoms. The summed E-state index contributed by atoms with van der Waals surface area (Å²) in [6, 6.07) is 3.81. The maximum atomic E-state index is 12.4. The fraction of sp³-hybridized carbons (Fsp3) is 0.318. The van der Waals surface area contributed by atoms with Crippen LogP contribution in [0.2, 0.25) is 0 Å². The fourth-order valence-electron chi connectivity index (χ4n) is 2.83. The predicted octanol–water partition coefficient (Wildman–Crippen LogP) is 2.93. The lowest BCUT2D eigenvalue weighted by Crippen LogP contribution is -2.45. The molecule has 0 aliphatic heterocycles. The zero-order valence-corrected chi connectivity index (χ0v) is 20.7. The Labute approximate surface area is 208 Å². The highest BCUT2D eigenvalue weighted by molar-refractivity contribution is 7.14. The van der Waals surface area contributed by atoms with Crippen molar-refractivity contribution in [3.05, 3.63) is 39.7 Å². The summed E-state index contributed by atoms with van der Waals surface area (Å²) in [7, 11) is 0. The summed E-state index contributed by atoms with van der Waals surface area (Å²) >= 11 is 2.58. The number of pyridine rings is 1. The molecule has 0 fully saturated rings. The molecule has 3 heterocycles. The first-order chi connectivity index (χ1) is 16.6. The molecular formula is C22H22N6O5S2. The largest absolute Gasteiger partial charge is 0.449 e. The smallest absolute Gasteiger partial charge is 0.408 e. The van der Waals surface area contributed by atoms with Crippen molar-refractivity contribution >= 4 is 40.6 Å². The Balaban J connectivity index is 1.78. The van der Waals surface area contributed by atoms with Gasteiger partial charge in [0.1, 0.15) is 39.8 Å². The summed E-state index contributed by atoms with van der Waals surface area (Å²) in [5.41, 5.74) is 6.35. The van der Waals surface area contributed by atoms with Gasteiger partial charge in [-0.05, 0) is 32.9 Å². The third-order valence-corrected chi connectivity index (χ3v) is 5.96. The van der Waals surface area contributed by atoms with E-state index in [1.165, 1.54) is 22.7 Å². The molecule has 0 spiro atoms. The van der Waals surface area contributed by atoms with Crippen molar-refractivity contribution in [3.63, 3.8) is 0 Å². The fourth-order valence-corrected chi connectivity index (χ4v) is 4.50. The van der Waals surface area contributed by atoms with E-state index in [0.717, 1.165) is 0 Å². The highest BCUT2D eigenvalue weighted by Crippen LogP contribution is 2.30. The minimum atomic E-state index is -1.10. The topological polar surface area (TPSA) is 170 Å². The molecule has 3 aromatic rings. The van der Waals surface area contributed by atoms with E-state index in [0.29, 0.717) is 27.1 Å². The first-order valence-electron chi connectivity index (χ1n) is 10.3. The molecule has 3 N–H and O–H groups in total. The van der Waals surface area contributed by atoms with Crippen LogP contribution >= 0.6 is 22.7 Å². The number of nitrogens with two attached hydrogens (primary N) is 1. The van der Waals surface area contributed by atoms with Crippen molar-refractivity contribution < 1.29 is 23.9 Å². The molecule has 0 saturated carbocycles. The Morgan fingerprint density at radius 3 is 2.63 bits per heavy atom. The average Bonchev–Trinajstić information content (AvgIpc) is 3.45. The molecule has 11 nitrogen and oxygen atoms in total.